The van der Waals surface area contributed by atoms with Gasteiger partial charge in [0.2, 0.25) is 0 Å². The SMILES string of the molecule is CC(C)CSCCC(C)(NC1CC1)C(=O)O. The molecule has 0 spiro atoms. The van der Waals surface area contributed by atoms with Crippen molar-refractivity contribution in [3.05, 3.63) is 0 Å². The van der Waals surface area contributed by atoms with E-state index < -0.39 is 11.5 Å². The molecule has 1 atom stereocenters. The van der Waals surface area contributed by atoms with Crippen molar-refractivity contribution in [2.45, 2.75) is 51.6 Å². The molecule has 0 aromatic heterocycles. The second kappa shape index (κ2) is 5.92. The molecule has 0 aromatic rings. The lowest BCUT2D eigenvalue weighted by Crippen LogP contribution is -2.51. The topological polar surface area (TPSA) is 49.3 Å². The van der Waals surface area contributed by atoms with Gasteiger partial charge in [-0.1, -0.05) is 13.8 Å². The van der Waals surface area contributed by atoms with Crippen LogP contribution in [0.15, 0.2) is 0 Å². The van der Waals surface area contributed by atoms with Crippen LogP contribution in [0.4, 0.5) is 0 Å². The van der Waals surface area contributed by atoms with Crippen molar-refractivity contribution in [1.29, 1.82) is 0 Å². The van der Waals surface area contributed by atoms with Crippen LogP contribution in [-0.2, 0) is 4.79 Å². The summed E-state index contributed by atoms with van der Waals surface area (Å²) in [5, 5.41) is 12.5. The predicted molar refractivity (Wildman–Crippen MR) is 69.0 cm³/mol. The van der Waals surface area contributed by atoms with Crippen molar-refractivity contribution in [2.24, 2.45) is 5.92 Å². The number of hydrogen-bond donors (Lipinski definition) is 2. The number of carbonyl (C=O) groups is 1. The van der Waals surface area contributed by atoms with Gasteiger partial charge in [0.1, 0.15) is 5.54 Å². The predicted octanol–water partition coefficient (Wildman–Crippen LogP) is 2.36. The molecule has 1 saturated carbocycles. The van der Waals surface area contributed by atoms with Gasteiger partial charge in [0.15, 0.2) is 0 Å². The van der Waals surface area contributed by atoms with E-state index in [2.05, 4.69) is 19.2 Å². The lowest BCUT2D eigenvalue weighted by atomic mass is 9.99. The molecule has 1 unspecified atom stereocenters. The smallest absolute Gasteiger partial charge is 0.323 e. The fourth-order valence-electron chi connectivity index (χ4n) is 1.51. The van der Waals surface area contributed by atoms with Gasteiger partial charge < -0.3 is 5.11 Å². The summed E-state index contributed by atoms with van der Waals surface area (Å²) in [4.78, 5) is 11.2. The summed E-state index contributed by atoms with van der Waals surface area (Å²) in [6.07, 6.45) is 2.96. The summed E-state index contributed by atoms with van der Waals surface area (Å²) >= 11 is 1.85. The number of thioether (sulfide) groups is 1. The molecule has 0 radical (unpaired) electrons. The van der Waals surface area contributed by atoms with Crippen LogP contribution in [0, 0.1) is 5.92 Å². The van der Waals surface area contributed by atoms with E-state index in [-0.39, 0.29) is 0 Å². The highest BCUT2D eigenvalue weighted by Gasteiger charge is 2.37. The molecule has 1 aliphatic rings. The third kappa shape index (κ3) is 4.74. The number of aliphatic carboxylic acids is 1. The van der Waals surface area contributed by atoms with Crippen LogP contribution in [0.5, 0.6) is 0 Å². The van der Waals surface area contributed by atoms with Gasteiger partial charge in [-0.15, -0.1) is 0 Å². The molecular formula is C12H23NO2S. The summed E-state index contributed by atoms with van der Waals surface area (Å²) in [7, 11) is 0. The molecule has 0 bridgehead atoms. The van der Waals surface area contributed by atoms with Crippen LogP contribution in [0.3, 0.4) is 0 Å². The van der Waals surface area contributed by atoms with E-state index in [1.807, 2.05) is 18.7 Å². The lowest BCUT2D eigenvalue weighted by molar-refractivity contribution is -0.144. The van der Waals surface area contributed by atoms with Gasteiger partial charge >= 0.3 is 5.97 Å². The van der Waals surface area contributed by atoms with E-state index >= 15 is 0 Å². The minimum absolute atomic E-state index is 0.441. The molecule has 16 heavy (non-hydrogen) atoms. The summed E-state index contributed by atoms with van der Waals surface area (Å²) in [6.45, 7) is 6.18. The number of carboxylic acid groups (broad SMARTS) is 1. The normalized spacial score (nSPS) is 19.8. The fraction of sp³-hybridized carbons (Fsp3) is 0.917. The first-order valence-corrected chi connectivity index (χ1v) is 7.18. The number of carboxylic acids is 1. The Bertz CT molecular complexity index is 241. The van der Waals surface area contributed by atoms with Crippen LogP contribution in [0.1, 0.15) is 40.0 Å². The van der Waals surface area contributed by atoms with Gasteiger partial charge in [-0.3, -0.25) is 10.1 Å². The maximum absolute atomic E-state index is 11.2. The zero-order chi connectivity index (χ0) is 12.2. The van der Waals surface area contributed by atoms with Gasteiger partial charge in [-0.2, -0.15) is 11.8 Å². The van der Waals surface area contributed by atoms with Crippen molar-refractivity contribution >= 4 is 17.7 Å². The van der Waals surface area contributed by atoms with E-state index in [1.54, 1.807) is 0 Å². The Labute approximate surface area is 102 Å². The highest BCUT2D eigenvalue weighted by atomic mass is 32.2. The van der Waals surface area contributed by atoms with Crippen molar-refractivity contribution in [3.63, 3.8) is 0 Å². The third-order valence-electron chi connectivity index (χ3n) is 2.77. The Kier molecular flexibility index (Phi) is 5.12. The molecular weight excluding hydrogens is 222 g/mol. The molecule has 1 fully saturated rings. The molecule has 3 nitrogen and oxygen atoms in total. The summed E-state index contributed by atoms with van der Waals surface area (Å²) < 4.78 is 0. The highest BCUT2D eigenvalue weighted by molar-refractivity contribution is 7.99. The first-order chi connectivity index (χ1) is 7.44. The summed E-state index contributed by atoms with van der Waals surface area (Å²) in [6, 6.07) is 0.441. The Balaban J connectivity index is 2.29. The molecule has 0 heterocycles. The zero-order valence-corrected chi connectivity index (χ0v) is 11.3. The van der Waals surface area contributed by atoms with Crippen LogP contribution >= 0.6 is 11.8 Å². The fourth-order valence-corrected chi connectivity index (χ4v) is 2.71. The average molecular weight is 245 g/mol. The molecule has 94 valence electrons. The van der Waals surface area contributed by atoms with Crippen molar-refractivity contribution in [1.82, 2.24) is 5.32 Å². The minimum Gasteiger partial charge on any atom is -0.480 e. The van der Waals surface area contributed by atoms with Crippen molar-refractivity contribution in [3.8, 4) is 0 Å². The Morgan fingerprint density at radius 2 is 2.19 bits per heavy atom. The Morgan fingerprint density at radius 1 is 1.56 bits per heavy atom. The first-order valence-electron chi connectivity index (χ1n) is 6.03. The third-order valence-corrected chi connectivity index (χ3v) is 4.16. The van der Waals surface area contributed by atoms with Crippen LogP contribution in [-0.4, -0.2) is 34.2 Å². The summed E-state index contributed by atoms with van der Waals surface area (Å²) in [5.41, 5.74) is -0.731. The van der Waals surface area contributed by atoms with E-state index in [9.17, 15) is 9.90 Å². The van der Waals surface area contributed by atoms with Crippen molar-refractivity contribution in [2.75, 3.05) is 11.5 Å². The number of rotatable bonds is 8. The standard InChI is InChI=1S/C12H23NO2S/c1-9(2)8-16-7-6-12(3,11(14)15)13-10-4-5-10/h9-10,13H,4-8H2,1-3H3,(H,14,15). The van der Waals surface area contributed by atoms with Gasteiger partial charge in [0.05, 0.1) is 0 Å². The average Bonchev–Trinajstić information content (AvgIpc) is 2.96. The molecule has 0 amide bonds. The molecule has 0 saturated heterocycles. The van der Waals surface area contributed by atoms with E-state index in [0.29, 0.717) is 18.4 Å². The second-order valence-electron chi connectivity index (χ2n) is 5.27. The van der Waals surface area contributed by atoms with E-state index in [0.717, 1.165) is 24.3 Å². The van der Waals surface area contributed by atoms with E-state index in [4.69, 9.17) is 0 Å². The first kappa shape index (κ1) is 13.8. The Hall–Kier alpha value is -0.220. The molecule has 0 aromatic carbocycles. The van der Waals surface area contributed by atoms with Gasteiger partial charge in [-0.05, 0) is 43.6 Å². The van der Waals surface area contributed by atoms with Gasteiger partial charge in [0.25, 0.3) is 0 Å². The summed E-state index contributed by atoms with van der Waals surface area (Å²) in [5.74, 6) is 1.99. The highest BCUT2D eigenvalue weighted by Crippen LogP contribution is 2.25. The largest absolute Gasteiger partial charge is 0.480 e. The molecule has 4 heteroatoms. The van der Waals surface area contributed by atoms with Crippen LogP contribution in [0.2, 0.25) is 0 Å². The van der Waals surface area contributed by atoms with Gasteiger partial charge in [-0.25, -0.2) is 0 Å². The van der Waals surface area contributed by atoms with E-state index in [1.165, 1.54) is 0 Å². The maximum atomic E-state index is 11.2. The minimum atomic E-state index is -0.731. The number of hydrogen-bond acceptors (Lipinski definition) is 3. The second-order valence-corrected chi connectivity index (χ2v) is 6.42. The molecule has 1 rings (SSSR count). The van der Waals surface area contributed by atoms with Crippen LogP contribution < -0.4 is 5.32 Å². The molecule has 1 aliphatic carbocycles. The monoisotopic (exact) mass is 245 g/mol. The number of nitrogens with one attached hydrogen (secondary N) is 1. The van der Waals surface area contributed by atoms with Crippen LogP contribution in [0.25, 0.3) is 0 Å². The quantitative estimate of drug-likeness (QED) is 0.645. The molecule has 2 N–H and O–H groups in total. The maximum Gasteiger partial charge on any atom is 0.323 e. The van der Waals surface area contributed by atoms with Gasteiger partial charge in [0, 0.05) is 6.04 Å². The zero-order valence-electron chi connectivity index (χ0n) is 10.5. The lowest BCUT2D eigenvalue weighted by Gasteiger charge is -2.26. The van der Waals surface area contributed by atoms with Crippen molar-refractivity contribution < 1.29 is 9.90 Å². The Morgan fingerprint density at radius 3 is 2.62 bits per heavy atom. The molecule has 0 aliphatic heterocycles.